The van der Waals surface area contributed by atoms with Gasteiger partial charge in [0.25, 0.3) is 0 Å². The third-order valence-electron chi connectivity index (χ3n) is 7.10. The van der Waals surface area contributed by atoms with Crippen molar-refractivity contribution >= 4 is 34.5 Å². The molecule has 2 fully saturated rings. The highest BCUT2D eigenvalue weighted by Crippen LogP contribution is 2.32. The molecular formula is C24H38N6OS. The van der Waals surface area contributed by atoms with Crippen LogP contribution in [0.15, 0.2) is 11.4 Å². The standard InChI is InChI=1S/C24H38N6OS/c1-3-4-8-18-9-11-19(12-10-18)23(31)25-13-16-30-22-20(17-26-30)21(27-24(28-22)32-2)29-14-6-5-7-15-29/h17-19H,3-16H2,1-2H3,(H,25,31). The zero-order valence-corrected chi connectivity index (χ0v) is 20.5. The zero-order valence-electron chi connectivity index (χ0n) is 19.7. The predicted octanol–water partition coefficient (Wildman–Crippen LogP) is 4.65. The molecule has 2 aliphatic rings. The summed E-state index contributed by atoms with van der Waals surface area (Å²) in [6.07, 6.45) is 16.0. The fourth-order valence-electron chi connectivity index (χ4n) is 5.16. The summed E-state index contributed by atoms with van der Waals surface area (Å²) in [6.45, 7) is 5.56. The smallest absolute Gasteiger partial charge is 0.223 e. The predicted molar refractivity (Wildman–Crippen MR) is 131 cm³/mol. The number of amides is 1. The van der Waals surface area contributed by atoms with Gasteiger partial charge >= 0.3 is 0 Å². The van der Waals surface area contributed by atoms with E-state index in [1.165, 1.54) is 51.4 Å². The van der Waals surface area contributed by atoms with Crippen molar-refractivity contribution in [1.82, 2.24) is 25.1 Å². The van der Waals surface area contributed by atoms with E-state index in [1.807, 2.05) is 17.1 Å². The number of carbonyl (C=O) groups is 1. The summed E-state index contributed by atoms with van der Waals surface area (Å²) in [5.41, 5.74) is 0.871. The summed E-state index contributed by atoms with van der Waals surface area (Å²) in [5.74, 6) is 2.23. The molecule has 0 bridgehead atoms. The summed E-state index contributed by atoms with van der Waals surface area (Å²) in [4.78, 5) is 24.6. The van der Waals surface area contributed by atoms with Gasteiger partial charge in [0.2, 0.25) is 5.91 Å². The van der Waals surface area contributed by atoms with E-state index in [0.717, 1.165) is 53.9 Å². The number of aromatic nitrogens is 4. The highest BCUT2D eigenvalue weighted by molar-refractivity contribution is 7.98. The number of nitrogens with zero attached hydrogens (tertiary/aromatic N) is 5. The molecule has 0 spiro atoms. The Kier molecular flexibility index (Phi) is 8.27. The van der Waals surface area contributed by atoms with Crippen LogP contribution in [-0.4, -0.2) is 51.5 Å². The summed E-state index contributed by atoms with van der Waals surface area (Å²) in [6, 6.07) is 0. The maximum atomic E-state index is 12.7. The Morgan fingerprint density at radius 1 is 1.16 bits per heavy atom. The molecular weight excluding hydrogens is 420 g/mol. The Morgan fingerprint density at radius 2 is 1.94 bits per heavy atom. The van der Waals surface area contributed by atoms with Crippen LogP contribution in [0.2, 0.25) is 0 Å². The lowest BCUT2D eigenvalue weighted by Crippen LogP contribution is -2.35. The zero-order chi connectivity index (χ0) is 22.3. The van der Waals surface area contributed by atoms with Gasteiger partial charge in [-0.15, -0.1) is 0 Å². The Bertz CT molecular complexity index is 886. The van der Waals surface area contributed by atoms with E-state index < -0.39 is 0 Å². The van der Waals surface area contributed by atoms with Crippen molar-refractivity contribution in [1.29, 1.82) is 0 Å². The molecule has 32 heavy (non-hydrogen) atoms. The third kappa shape index (κ3) is 5.56. The lowest BCUT2D eigenvalue weighted by molar-refractivity contribution is -0.126. The van der Waals surface area contributed by atoms with Crippen molar-refractivity contribution in [2.75, 3.05) is 30.8 Å². The lowest BCUT2D eigenvalue weighted by atomic mass is 9.79. The summed E-state index contributed by atoms with van der Waals surface area (Å²) in [5, 5.41) is 9.56. The quantitative estimate of drug-likeness (QED) is 0.435. The monoisotopic (exact) mass is 458 g/mol. The lowest BCUT2D eigenvalue weighted by Gasteiger charge is -2.28. The van der Waals surface area contributed by atoms with E-state index >= 15 is 0 Å². The minimum Gasteiger partial charge on any atom is -0.356 e. The minimum atomic E-state index is 0.179. The van der Waals surface area contributed by atoms with Crippen LogP contribution in [0.25, 0.3) is 11.0 Å². The van der Waals surface area contributed by atoms with Crippen LogP contribution < -0.4 is 10.2 Å². The fourth-order valence-corrected chi connectivity index (χ4v) is 5.51. The maximum absolute atomic E-state index is 12.7. The van der Waals surface area contributed by atoms with E-state index in [4.69, 9.17) is 9.97 Å². The first-order chi connectivity index (χ1) is 15.7. The number of unbranched alkanes of at least 4 members (excludes halogenated alkanes) is 1. The number of hydrogen-bond acceptors (Lipinski definition) is 6. The number of piperidine rings is 1. The molecule has 1 saturated carbocycles. The number of hydrogen-bond donors (Lipinski definition) is 1. The van der Waals surface area contributed by atoms with Gasteiger partial charge in [0.1, 0.15) is 5.82 Å². The van der Waals surface area contributed by atoms with Gasteiger partial charge in [0.05, 0.1) is 18.1 Å². The molecule has 1 N–H and O–H groups in total. The Hall–Kier alpha value is -1.83. The topological polar surface area (TPSA) is 75.9 Å². The SMILES string of the molecule is CCCCC1CCC(C(=O)NCCn2ncc3c(N4CCCCC4)nc(SC)nc32)CC1. The normalized spacial score (nSPS) is 21.8. The van der Waals surface area contributed by atoms with Crippen LogP contribution in [0.3, 0.4) is 0 Å². The van der Waals surface area contributed by atoms with Gasteiger partial charge in [-0.25, -0.2) is 14.6 Å². The molecule has 176 valence electrons. The summed E-state index contributed by atoms with van der Waals surface area (Å²) >= 11 is 1.57. The maximum Gasteiger partial charge on any atom is 0.223 e. The number of anilines is 1. The van der Waals surface area contributed by atoms with Crippen LogP contribution in [-0.2, 0) is 11.3 Å². The van der Waals surface area contributed by atoms with Crippen LogP contribution in [0.1, 0.15) is 71.1 Å². The average Bonchev–Trinajstić information content (AvgIpc) is 3.25. The van der Waals surface area contributed by atoms with Gasteiger partial charge in [0, 0.05) is 25.6 Å². The molecule has 1 saturated heterocycles. The van der Waals surface area contributed by atoms with Crippen molar-refractivity contribution in [3.63, 3.8) is 0 Å². The highest BCUT2D eigenvalue weighted by Gasteiger charge is 2.26. The molecule has 7 nitrogen and oxygen atoms in total. The summed E-state index contributed by atoms with van der Waals surface area (Å²) in [7, 11) is 0. The van der Waals surface area contributed by atoms with E-state index in [2.05, 4.69) is 22.2 Å². The third-order valence-corrected chi connectivity index (χ3v) is 7.65. The van der Waals surface area contributed by atoms with Crippen molar-refractivity contribution in [3.05, 3.63) is 6.20 Å². The van der Waals surface area contributed by atoms with Gasteiger partial charge in [-0.05, 0) is 57.1 Å². The first kappa shape index (κ1) is 23.3. The average molecular weight is 459 g/mol. The first-order valence-electron chi connectivity index (χ1n) is 12.5. The minimum absolute atomic E-state index is 0.179. The van der Waals surface area contributed by atoms with E-state index in [1.54, 1.807) is 11.8 Å². The number of thioether (sulfide) groups is 1. The molecule has 1 aliphatic carbocycles. The Balaban J connectivity index is 1.35. The number of fused-ring (bicyclic) bond motifs is 1. The Labute approximate surface area is 196 Å². The largest absolute Gasteiger partial charge is 0.356 e. The molecule has 0 unspecified atom stereocenters. The van der Waals surface area contributed by atoms with Gasteiger partial charge in [-0.1, -0.05) is 37.9 Å². The second-order valence-corrected chi connectivity index (χ2v) is 10.1. The van der Waals surface area contributed by atoms with Gasteiger partial charge in [-0.2, -0.15) is 5.10 Å². The molecule has 2 aromatic rings. The van der Waals surface area contributed by atoms with Gasteiger partial charge in [-0.3, -0.25) is 4.79 Å². The fraction of sp³-hybridized carbons (Fsp3) is 0.750. The van der Waals surface area contributed by atoms with Crippen LogP contribution in [0.5, 0.6) is 0 Å². The van der Waals surface area contributed by atoms with E-state index in [0.29, 0.717) is 13.1 Å². The molecule has 1 aliphatic heterocycles. The molecule has 8 heteroatoms. The van der Waals surface area contributed by atoms with Crippen molar-refractivity contribution in [3.8, 4) is 0 Å². The van der Waals surface area contributed by atoms with Crippen molar-refractivity contribution in [2.24, 2.45) is 11.8 Å². The first-order valence-corrected chi connectivity index (χ1v) is 13.7. The molecule has 2 aromatic heterocycles. The molecule has 0 radical (unpaired) electrons. The number of carbonyl (C=O) groups excluding carboxylic acids is 1. The van der Waals surface area contributed by atoms with Gasteiger partial charge in [0.15, 0.2) is 10.8 Å². The molecule has 4 rings (SSSR count). The molecule has 0 atom stereocenters. The second kappa shape index (κ2) is 11.3. The van der Waals surface area contributed by atoms with Gasteiger partial charge < -0.3 is 10.2 Å². The highest BCUT2D eigenvalue weighted by atomic mass is 32.2. The van der Waals surface area contributed by atoms with Crippen LogP contribution in [0.4, 0.5) is 5.82 Å². The van der Waals surface area contributed by atoms with Crippen molar-refractivity contribution < 1.29 is 4.79 Å². The Morgan fingerprint density at radius 3 is 2.66 bits per heavy atom. The molecule has 1 amide bonds. The molecule has 3 heterocycles. The molecule has 0 aromatic carbocycles. The van der Waals surface area contributed by atoms with Crippen molar-refractivity contribution in [2.45, 2.75) is 82.8 Å². The number of nitrogens with one attached hydrogen (secondary N) is 1. The van der Waals surface area contributed by atoms with Crippen LogP contribution in [0, 0.1) is 11.8 Å². The van der Waals surface area contributed by atoms with E-state index in [-0.39, 0.29) is 11.8 Å². The number of rotatable bonds is 9. The second-order valence-electron chi connectivity index (χ2n) is 9.34. The van der Waals surface area contributed by atoms with Crippen LogP contribution >= 0.6 is 11.8 Å². The summed E-state index contributed by atoms with van der Waals surface area (Å²) < 4.78 is 1.92. The van der Waals surface area contributed by atoms with E-state index in [9.17, 15) is 4.79 Å².